The highest BCUT2D eigenvalue weighted by molar-refractivity contribution is 7.92. The van der Waals surface area contributed by atoms with E-state index in [4.69, 9.17) is 0 Å². The van der Waals surface area contributed by atoms with E-state index in [1.54, 1.807) is 11.0 Å². The molecule has 5 rings (SSSR count). The molecular weight excluding hydrogens is 500 g/mol. The van der Waals surface area contributed by atoms with Crippen molar-refractivity contribution in [1.82, 2.24) is 14.9 Å². The number of hydrogen-bond donors (Lipinski definition) is 2. The summed E-state index contributed by atoms with van der Waals surface area (Å²) in [5.41, 5.74) is 5.09. The van der Waals surface area contributed by atoms with Gasteiger partial charge in [0.2, 0.25) is 5.95 Å². The van der Waals surface area contributed by atoms with E-state index in [2.05, 4.69) is 20.8 Å². The molecular formula is C29H28N4O4S. The monoisotopic (exact) mass is 528 g/mol. The summed E-state index contributed by atoms with van der Waals surface area (Å²) in [7, 11) is -4.15. The number of benzene rings is 3. The standard InChI is InChI=1S/C29H28N4O4S/c1-19-8-5-9-20(2)27(19)25-17-26(34)31-29(30-25)32-38(36,37)24-14-6-12-22(16-24)28(35)33-15-7-13-21-10-3-4-11-23(21)18-33/h3-6,8-12,14,16-17H,7,13,15,18H2,1-2H3,(H2,30,31,32,34). The first-order chi connectivity index (χ1) is 18.2. The van der Waals surface area contributed by atoms with Gasteiger partial charge in [0, 0.05) is 30.3 Å². The third-order valence-corrected chi connectivity index (χ3v) is 8.08. The summed E-state index contributed by atoms with van der Waals surface area (Å²) in [4.78, 5) is 34.2. The van der Waals surface area contributed by atoms with Crippen LogP contribution in [0.2, 0.25) is 0 Å². The van der Waals surface area contributed by atoms with E-state index in [1.165, 1.54) is 29.8 Å². The Balaban J connectivity index is 1.42. The Kier molecular flexibility index (Phi) is 6.86. The maximum atomic E-state index is 13.4. The minimum Gasteiger partial charge on any atom is -0.334 e. The van der Waals surface area contributed by atoms with Crippen molar-refractivity contribution < 1.29 is 13.2 Å². The molecule has 2 N–H and O–H groups in total. The number of carbonyl (C=O) groups is 1. The van der Waals surface area contributed by atoms with Gasteiger partial charge in [0.15, 0.2) is 0 Å². The molecule has 0 radical (unpaired) electrons. The van der Waals surface area contributed by atoms with Crippen molar-refractivity contribution in [2.45, 2.75) is 38.1 Å². The Morgan fingerprint density at radius 2 is 1.66 bits per heavy atom. The topological polar surface area (TPSA) is 112 Å². The highest BCUT2D eigenvalue weighted by atomic mass is 32.2. The number of nitrogens with one attached hydrogen (secondary N) is 2. The number of H-pyrrole nitrogens is 1. The predicted molar refractivity (Wildman–Crippen MR) is 147 cm³/mol. The highest BCUT2D eigenvalue weighted by Gasteiger charge is 2.23. The van der Waals surface area contributed by atoms with Gasteiger partial charge in [-0.1, -0.05) is 48.5 Å². The summed E-state index contributed by atoms with van der Waals surface area (Å²) < 4.78 is 28.9. The number of sulfonamides is 1. The van der Waals surface area contributed by atoms with E-state index in [0.717, 1.165) is 35.1 Å². The van der Waals surface area contributed by atoms with Gasteiger partial charge in [-0.2, -0.15) is 0 Å². The molecule has 0 unspecified atom stereocenters. The molecule has 0 fully saturated rings. The molecule has 1 aromatic heterocycles. The molecule has 4 aromatic rings. The summed E-state index contributed by atoms with van der Waals surface area (Å²) in [6.45, 7) is 4.86. The molecule has 0 saturated heterocycles. The van der Waals surface area contributed by atoms with Crippen LogP contribution in [0.1, 0.15) is 39.0 Å². The van der Waals surface area contributed by atoms with Crippen LogP contribution in [0.15, 0.2) is 82.5 Å². The fraction of sp³-hybridized carbons (Fsp3) is 0.207. The number of fused-ring (bicyclic) bond motifs is 1. The molecule has 0 aliphatic carbocycles. The fourth-order valence-electron chi connectivity index (χ4n) is 4.89. The normalized spacial score (nSPS) is 13.5. The van der Waals surface area contributed by atoms with Crippen LogP contribution in [-0.2, 0) is 23.0 Å². The van der Waals surface area contributed by atoms with E-state index >= 15 is 0 Å². The molecule has 1 amide bonds. The van der Waals surface area contributed by atoms with Gasteiger partial charge in [-0.25, -0.2) is 18.1 Å². The van der Waals surface area contributed by atoms with E-state index in [1.807, 2.05) is 50.2 Å². The third kappa shape index (κ3) is 5.24. The summed E-state index contributed by atoms with van der Waals surface area (Å²) in [5, 5.41) is 0. The highest BCUT2D eigenvalue weighted by Crippen LogP contribution is 2.26. The number of amides is 1. The molecule has 3 aromatic carbocycles. The quantitative estimate of drug-likeness (QED) is 0.398. The lowest BCUT2D eigenvalue weighted by Crippen LogP contribution is -2.31. The summed E-state index contributed by atoms with van der Waals surface area (Å²) >= 11 is 0. The molecule has 0 spiro atoms. The van der Waals surface area contributed by atoms with Crippen LogP contribution in [0.3, 0.4) is 0 Å². The number of aromatic nitrogens is 2. The van der Waals surface area contributed by atoms with Gasteiger partial charge >= 0.3 is 0 Å². The molecule has 2 heterocycles. The van der Waals surface area contributed by atoms with Gasteiger partial charge in [-0.3, -0.25) is 14.6 Å². The molecule has 38 heavy (non-hydrogen) atoms. The van der Waals surface area contributed by atoms with Crippen LogP contribution in [0.4, 0.5) is 5.95 Å². The van der Waals surface area contributed by atoms with Gasteiger partial charge in [0.1, 0.15) is 0 Å². The van der Waals surface area contributed by atoms with Crippen molar-refractivity contribution in [1.29, 1.82) is 0 Å². The van der Waals surface area contributed by atoms with Gasteiger partial charge < -0.3 is 4.90 Å². The van der Waals surface area contributed by atoms with Crippen molar-refractivity contribution in [3.63, 3.8) is 0 Å². The zero-order valence-electron chi connectivity index (χ0n) is 21.2. The van der Waals surface area contributed by atoms with Crippen molar-refractivity contribution in [3.8, 4) is 11.3 Å². The van der Waals surface area contributed by atoms with Crippen molar-refractivity contribution in [2.24, 2.45) is 0 Å². The van der Waals surface area contributed by atoms with Crippen LogP contribution in [0.25, 0.3) is 11.3 Å². The van der Waals surface area contributed by atoms with Crippen LogP contribution in [0, 0.1) is 13.8 Å². The van der Waals surface area contributed by atoms with Gasteiger partial charge in [-0.05, 0) is 67.1 Å². The van der Waals surface area contributed by atoms with E-state index in [9.17, 15) is 18.0 Å². The largest absolute Gasteiger partial charge is 0.334 e. The Labute approximate surface area is 221 Å². The summed E-state index contributed by atoms with van der Waals surface area (Å²) in [6.07, 6.45) is 1.72. The van der Waals surface area contributed by atoms with E-state index in [-0.39, 0.29) is 22.3 Å². The lowest BCUT2D eigenvalue weighted by atomic mass is 10.00. The molecule has 0 atom stereocenters. The SMILES string of the molecule is Cc1cccc(C)c1-c1cc(=O)[nH]c(NS(=O)(=O)c2cccc(C(=O)N3CCCc4ccccc4C3)c2)n1. The Morgan fingerprint density at radius 3 is 2.42 bits per heavy atom. The molecule has 1 aliphatic heterocycles. The summed E-state index contributed by atoms with van der Waals surface area (Å²) in [6, 6.07) is 21.0. The van der Waals surface area contributed by atoms with Crippen LogP contribution >= 0.6 is 0 Å². The predicted octanol–water partition coefficient (Wildman–Crippen LogP) is 4.44. The van der Waals surface area contributed by atoms with E-state index < -0.39 is 15.6 Å². The lowest BCUT2D eigenvalue weighted by molar-refractivity contribution is 0.0745. The van der Waals surface area contributed by atoms with Crippen LogP contribution in [-0.4, -0.2) is 35.7 Å². The Morgan fingerprint density at radius 1 is 0.947 bits per heavy atom. The summed E-state index contributed by atoms with van der Waals surface area (Å²) in [5.74, 6) is -0.432. The van der Waals surface area contributed by atoms with Crippen molar-refractivity contribution in [3.05, 3.63) is 111 Å². The molecule has 194 valence electrons. The minimum absolute atomic E-state index is 0.0984. The fourth-order valence-corrected chi connectivity index (χ4v) is 5.90. The molecule has 0 saturated carbocycles. The minimum atomic E-state index is -4.15. The van der Waals surface area contributed by atoms with Crippen LogP contribution < -0.4 is 10.3 Å². The number of rotatable bonds is 5. The second-order valence-corrected chi connectivity index (χ2v) is 11.2. The lowest BCUT2D eigenvalue weighted by Gasteiger charge is -2.21. The van der Waals surface area contributed by atoms with E-state index in [0.29, 0.717) is 18.8 Å². The average molecular weight is 529 g/mol. The molecule has 8 nitrogen and oxygen atoms in total. The number of aromatic amines is 1. The first kappa shape index (κ1) is 25.4. The second kappa shape index (κ2) is 10.3. The van der Waals surface area contributed by atoms with Crippen molar-refractivity contribution >= 4 is 21.9 Å². The number of hydrogen-bond acceptors (Lipinski definition) is 5. The van der Waals surface area contributed by atoms with Crippen molar-refractivity contribution in [2.75, 3.05) is 11.3 Å². The number of carbonyl (C=O) groups excluding carboxylic acids is 1. The zero-order valence-corrected chi connectivity index (χ0v) is 22.0. The number of anilines is 1. The molecule has 1 aliphatic rings. The van der Waals surface area contributed by atoms with Gasteiger partial charge in [0.25, 0.3) is 21.5 Å². The average Bonchev–Trinajstić information content (AvgIpc) is 3.10. The Bertz CT molecular complexity index is 1670. The maximum absolute atomic E-state index is 13.4. The zero-order chi connectivity index (χ0) is 26.9. The first-order valence-electron chi connectivity index (χ1n) is 12.4. The Hall–Kier alpha value is -4.24. The smallest absolute Gasteiger partial charge is 0.264 e. The first-order valence-corrected chi connectivity index (χ1v) is 13.9. The van der Waals surface area contributed by atoms with Gasteiger partial charge in [0.05, 0.1) is 10.6 Å². The molecule has 0 bridgehead atoms. The number of aryl methyl sites for hydroxylation is 3. The van der Waals surface area contributed by atoms with Gasteiger partial charge in [-0.15, -0.1) is 0 Å². The third-order valence-electron chi connectivity index (χ3n) is 6.74. The number of nitrogens with zero attached hydrogens (tertiary/aromatic N) is 2. The second-order valence-electron chi connectivity index (χ2n) is 9.48. The molecule has 9 heteroatoms. The maximum Gasteiger partial charge on any atom is 0.264 e. The van der Waals surface area contributed by atoms with Crippen LogP contribution in [0.5, 0.6) is 0 Å².